The molecule has 0 saturated carbocycles. The van der Waals surface area contributed by atoms with Crippen LogP contribution in [0.1, 0.15) is 31.7 Å². The molecule has 0 aliphatic heterocycles. The number of unbranched alkanes of at least 4 members (excludes halogenated alkanes) is 2. The van der Waals surface area contributed by atoms with Crippen molar-refractivity contribution in [3.8, 4) is 0 Å². The molecule has 1 N–H and O–H groups in total. The van der Waals surface area contributed by atoms with Crippen molar-refractivity contribution in [2.45, 2.75) is 39.7 Å². The van der Waals surface area contributed by atoms with E-state index in [9.17, 15) is 0 Å². The summed E-state index contributed by atoms with van der Waals surface area (Å²) in [6.07, 6.45) is 3.71. The first-order chi connectivity index (χ1) is 7.74. The van der Waals surface area contributed by atoms with Crippen molar-refractivity contribution in [1.82, 2.24) is 9.55 Å². The quantitative estimate of drug-likeness (QED) is 0.621. The number of aromatic nitrogens is 2. The van der Waals surface area contributed by atoms with Gasteiger partial charge in [-0.1, -0.05) is 31.9 Å². The van der Waals surface area contributed by atoms with Crippen LogP contribution in [0.4, 0.5) is 0 Å². The van der Waals surface area contributed by atoms with Crippen molar-refractivity contribution in [2.75, 3.05) is 0 Å². The molecule has 2 nitrogen and oxygen atoms in total. The van der Waals surface area contributed by atoms with Crippen LogP contribution in [0.15, 0.2) is 18.2 Å². The number of aromatic amines is 1. The zero-order chi connectivity index (χ0) is 11.5. The van der Waals surface area contributed by atoms with E-state index in [0.29, 0.717) is 0 Å². The van der Waals surface area contributed by atoms with E-state index in [0.717, 1.165) is 11.3 Å². The fourth-order valence-electron chi connectivity index (χ4n) is 2.07. The van der Waals surface area contributed by atoms with Gasteiger partial charge >= 0.3 is 0 Å². The summed E-state index contributed by atoms with van der Waals surface area (Å²) < 4.78 is 3.06. The first-order valence-electron chi connectivity index (χ1n) is 5.92. The van der Waals surface area contributed by atoms with E-state index in [1.54, 1.807) is 0 Å². The molecule has 0 aliphatic rings. The Bertz CT molecular complexity index is 536. The molecule has 0 unspecified atom stereocenters. The maximum absolute atomic E-state index is 5.37. The molecule has 1 aromatic carbocycles. The summed E-state index contributed by atoms with van der Waals surface area (Å²) in [6.45, 7) is 5.36. The van der Waals surface area contributed by atoms with Gasteiger partial charge < -0.3 is 9.55 Å². The topological polar surface area (TPSA) is 20.7 Å². The molecule has 1 heterocycles. The average Bonchev–Trinajstić information content (AvgIpc) is 2.58. The van der Waals surface area contributed by atoms with Crippen molar-refractivity contribution in [2.24, 2.45) is 0 Å². The summed E-state index contributed by atoms with van der Waals surface area (Å²) in [5, 5.41) is 0. The van der Waals surface area contributed by atoms with Crippen LogP contribution in [-0.2, 0) is 6.54 Å². The summed E-state index contributed by atoms with van der Waals surface area (Å²) in [5.74, 6) is 0. The van der Waals surface area contributed by atoms with Crippen LogP contribution in [0.5, 0.6) is 0 Å². The second kappa shape index (κ2) is 4.83. The minimum Gasteiger partial charge on any atom is -0.330 e. The molecular formula is C13H18N2S. The molecule has 86 valence electrons. The third-order valence-electron chi connectivity index (χ3n) is 3.00. The summed E-state index contributed by atoms with van der Waals surface area (Å²) in [7, 11) is 0. The standard InChI is InChI=1S/C13H18N2S/c1-3-4-5-9-15-11-8-6-7-10(2)12(11)14-13(15)16/h6-8H,3-5,9H2,1-2H3,(H,14,16). The zero-order valence-electron chi connectivity index (χ0n) is 9.92. The number of hydrogen-bond donors (Lipinski definition) is 1. The second-order valence-corrected chi connectivity index (χ2v) is 4.64. The molecule has 0 amide bonds. The highest BCUT2D eigenvalue weighted by Crippen LogP contribution is 2.18. The summed E-state index contributed by atoms with van der Waals surface area (Å²) >= 11 is 5.37. The maximum atomic E-state index is 5.37. The van der Waals surface area contributed by atoms with Gasteiger partial charge in [-0.3, -0.25) is 0 Å². The van der Waals surface area contributed by atoms with Gasteiger partial charge in [0.25, 0.3) is 0 Å². The molecule has 1 aromatic heterocycles. The Labute approximate surface area is 101 Å². The lowest BCUT2D eigenvalue weighted by molar-refractivity contribution is 0.608. The van der Waals surface area contributed by atoms with E-state index in [1.165, 1.54) is 35.9 Å². The predicted molar refractivity (Wildman–Crippen MR) is 71.4 cm³/mol. The molecule has 0 aliphatic carbocycles. The minimum atomic E-state index is 0.848. The number of imidazole rings is 1. The van der Waals surface area contributed by atoms with E-state index in [2.05, 4.69) is 41.6 Å². The Morgan fingerprint density at radius 3 is 2.88 bits per heavy atom. The minimum absolute atomic E-state index is 0.848. The number of nitrogens with one attached hydrogen (secondary N) is 1. The third kappa shape index (κ3) is 2.05. The number of hydrogen-bond acceptors (Lipinski definition) is 1. The van der Waals surface area contributed by atoms with Gasteiger partial charge in [-0.05, 0) is 37.2 Å². The van der Waals surface area contributed by atoms with Crippen LogP contribution in [0, 0.1) is 11.7 Å². The fourth-order valence-corrected chi connectivity index (χ4v) is 2.36. The lowest BCUT2D eigenvalue weighted by atomic mass is 10.2. The monoisotopic (exact) mass is 234 g/mol. The molecular weight excluding hydrogens is 216 g/mol. The number of aryl methyl sites for hydroxylation is 2. The first-order valence-corrected chi connectivity index (χ1v) is 6.33. The van der Waals surface area contributed by atoms with E-state index in [1.807, 2.05) is 0 Å². The van der Waals surface area contributed by atoms with E-state index >= 15 is 0 Å². The third-order valence-corrected chi connectivity index (χ3v) is 3.33. The maximum Gasteiger partial charge on any atom is 0.178 e. The Morgan fingerprint density at radius 2 is 2.12 bits per heavy atom. The number of rotatable bonds is 4. The molecule has 0 spiro atoms. The largest absolute Gasteiger partial charge is 0.330 e. The lowest BCUT2D eigenvalue weighted by Gasteiger charge is -2.03. The first kappa shape index (κ1) is 11.4. The van der Waals surface area contributed by atoms with Crippen molar-refractivity contribution in [1.29, 1.82) is 0 Å². The van der Waals surface area contributed by atoms with Crippen molar-refractivity contribution in [3.63, 3.8) is 0 Å². The molecule has 16 heavy (non-hydrogen) atoms. The Kier molecular flexibility index (Phi) is 3.44. The van der Waals surface area contributed by atoms with Gasteiger partial charge in [-0.25, -0.2) is 0 Å². The highest BCUT2D eigenvalue weighted by molar-refractivity contribution is 7.71. The van der Waals surface area contributed by atoms with Crippen molar-refractivity contribution >= 4 is 23.3 Å². The van der Waals surface area contributed by atoms with Gasteiger partial charge in [-0.15, -0.1) is 0 Å². The van der Waals surface area contributed by atoms with Crippen LogP contribution in [0.25, 0.3) is 11.0 Å². The van der Waals surface area contributed by atoms with Gasteiger partial charge in [-0.2, -0.15) is 0 Å². The zero-order valence-corrected chi connectivity index (χ0v) is 10.7. The molecule has 0 radical (unpaired) electrons. The molecule has 2 aromatic rings. The average molecular weight is 234 g/mol. The van der Waals surface area contributed by atoms with Crippen molar-refractivity contribution in [3.05, 3.63) is 28.5 Å². The Balaban J connectivity index is 2.40. The van der Waals surface area contributed by atoms with E-state index in [4.69, 9.17) is 12.2 Å². The van der Waals surface area contributed by atoms with Crippen LogP contribution >= 0.6 is 12.2 Å². The Hall–Kier alpha value is -1.09. The molecule has 2 rings (SSSR count). The van der Waals surface area contributed by atoms with Crippen LogP contribution in [0.3, 0.4) is 0 Å². The highest BCUT2D eigenvalue weighted by Gasteiger charge is 2.05. The molecule has 0 atom stereocenters. The van der Waals surface area contributed by atoms with Gasteiger partial charge in [0.05, 0.1) is 11.0 Å². The highest BCUT2D eigenvalue weighted by atomic mass is 32.1. The van der Waals surface area contributed by atoms with E-state index < -0.39 is 0 Å². The normalized spacial score (nSPS) is 11.1. The summed E-state index contributed by atoms with van der Waals surface area (Å²) in [4.78, 5) is 3.30. The predicted octanol–water partition coefficient (Wildman–Crippen LogP) is 4.20. The second-order valence-electron chi connectivity index (χ2n) is 4.26. The molecule has 0 saturated heterocycles. The molecule has 0 fully saturated rings. The number of H-pyrrole nitrogens is 1. The van der Waals surface area contributed by atoms with Crippen LogP contribution in [0.2, 0.25) is 0 Å². The van der Waals surface area contributed by atoms with Gasteiger partial charge in [0.15, 0.2) is 4.77 Å². The number of benzene rings is 1. The van der Waals surface area contributed by atoms with Crippen molar-refractivity contribution < 1.29 is 0 Å². The summed E-state index contributed by atoms with van der Waals surface area (Å²) in [5.41, 5.74) is 3.68. The smallest absolute Gasteiger partial charge is 0.178 e. The van der Waals surface area contributed by atoms with Crippen LogP contribution in [-0.4, -0.2) is 9.55 Å². The number of fused-ring (bicyclic) bond motifs is 1. The van der Waals surface area contributed by atoms with Gasteiger partial charge in [0.2, 0.25) is 0 Å². The van der Waals surface area contributed by atoms with E-state index in [-0.39, 0.29) is 0 Å². The summed E-state index contributed by atoms with van der Waals surface area (Å²) in [6, 6.07) is 6.35. The lowest BCUT2D eigenvalue weighted by Crippen LogP contribution is -1.97. The number of nitrogens with zero attached hydrogens (tertiary/aromatic N) is 1. The van der Waals surface area contributed by atoms with Gasteiger partial charge in [0.1, 0.15) is 0 Å². The molecule has 3 heteroatoms. The SMILES string of the molecule is CCCCCn1c(=S)[nH]c2c(C)cccc21. The fraction of sp³-hybridized carbons (Fsp3) is 0.462. The van der Waals surface area contributed by atoms with Gasteiger partial charge in [0, 0.05) is 6.54 Å². The molecule has 0 bridgehead atoms. The number of para-hydroxylation sites is 1. The van der Waals surface area contributed by atoms with Crippen LogP contribution < -0.4 is 0 Å². The Morgan fingerprint density at radius 1 is 1.31 bits per heavy atom.